The van der Waals surface area contributed by atoms with E-state index in [-0.39, 0.29) is 142 Å². The number of piperidine rings is 4. The number of hydrogen-bond donors (Lipinski definition) is 12. The van der Waals surface area contributed by atoms with E-state index in [1.807, 2.05) is 100 Å². The van der Waals surface area contributed by atoms with Crippen molar-refractivity contribution in [3.05, 3.63) is 287 Å². The fourth-order valence-electron chi connectivity index (χ4n) is 19.3. The van der Waals surface area contributed by atoms with Crippen LogP contribution in [0.3, 0.4) is 0 Å². The summed E-state index contributed by atoms with van der Waals surface area (Å²) in [6.45, 7) is 12.9. The molecule has 0 aliphatic carbocycles. The Bertz CT molecular complexity index is 7570. The van der Waals surface area contributed by atoms with Gasteiger partial charge in [0, 0.05) is 183 Å². The SMILES string of the molecule is Cc1ccccc1C(=O)Nc1cccc2c(S(=O)(=O)NC3CCN(C(=O)CC(=O)O)CC3)cccc12.Cc1ccccc1C(=O)Nc1cccc2c(S(=O)(=O)NC3CCN(C(=O)CCC(=O)O)CC3)cccc12.Cc1ccccc1C(=O)Nc1cccc2c(S(=O)(=O)NC3CCN(C(=O)CCCC(=O)O)CC3)cccc12.Cc1ccccc1C(=O)Nc1cccc2c(S(=O)(=O)N[C@H]3CCN(C(=O)[C@@H]4CCCN4)[C@H](C)C3)cccc12. The molecule has 39 heteroatoms. The summed E-state index contributed by atoms with van der Waals surface area (Å²) < 4.78 is 118. The standard InChI is InChI=1S/C29H34N4O4S.C28H31N3O6S.C27H29N3O6S.C26H27N3O6S/c1-19-8-3-4-9-22(19)28(34)31-25-12-5-11-24-23(25)10-6-14-27(24)38(36,37)32-21-15-17-33(20(2)18-21)29(35)26-13-7-16-30-26;1-19-7-2-3-8-21(19)28(35)29-24-11-4-10-23-22(24)9-5-12-25(23)38(36,37)30-20-15-17-31(18-16-20)26(32)13-6-14-27(33)34;1-18-6-2-3-7-20(18)27(34)28-23-10-4-9-22-21(23)8-5-11-24(22)37(35,36)29-19-14-16-30(17-15-19)25(31)12-13-26(32)33;1-17-6-2-3-7-19(17)26(33)27-22-10-4-9-21-20(22)8-5-11-23(21)36(34,35)28-18-12-14-29(15-13-18)24(30)16-25(31)32/h3-6,8-12,14,20-21,26,30,32H,7,13,15-18H2,1-2H3,(H,31,34);2-5,7-12,20,30H,6,13-18H2,1H3,(H,29,35)(H,33,34);2-11,19,29H,12-17H2,1H3,(H,28,34)(H,32,33);2-11,18,28H,12-16H2,1H3,(H,27,33)(H,31,32)/t20-,21+,26+;;;/m1.../s1. The molecular weight excluding hydrogens is 1980 g/mol. The maximum absolute atomic E-state index is 13.6. The molecule has 8 amide bonds. The second-order valence-corrected chi connectivity index (χ2v) is 44.3. The maximum Gasteiger partial charge on any atom is 0.312 e. The molecule has 17 rings (SSSR count). The van der Waals surface area contributed by atoms with Crippen LogP contribution in [0.15, 0.2) is 262 Å². The molecule has 149 heavy (non-hydrogen) atoms. The van der Waals surface area contributed by atoms with Gasteiger partial charge in [-0.15, -0.1) is 0 Å². The summed E-state index contributed by atoms with van der Waals surface area (Å²) in [5.41, 5.74) is 7.63. The van der Waals surface area contributed by atoms with Crippen molar-refractivity contribution in [2.45, 2.75) is 193 Å². The molecule has 0 saturated carbocycles. The van der Waals surface area contributed by atoms with Crippen LogP contribution in [0.5, 0.6) is 0 Å². The number of benzene rings is 12. The van der Waals surface area contributed by atoms with Gasteiger partial charge in [0.05, 0.1) is 32.0 Å². The number of aliphatic carboxylic acids is 3. The van der Waals surface area contributed by atoms with Gasteiger partial charge >= 0.3 is 17.9 Å². The summed E-state index contributed by atoms with van der Waals surface area (Å²) in [5.74, 6) is -4.92. The highest BCUT2D eigenvalue weighted by molar-refractivity contribution is 7.90. The molecule has 0 radical (unpaired) electrons. The first-order valence-corrected chi connectivity index (χ1v) is 55.3. The summed E-state index contributed by atoms with van der Waals surface area (Å²) in [7, 11) is -15.5. The predicted molar refractivity (Wildman–Crippen MR) is 568 cm³/mol. The molecule has 0 unspecified atom stereocenters. The molecule has 5 saturated heterocycles. The predicted octanol–water partition coefficient (Wildman–Crippen LogP) is 14.4. The normalized spacial score (nSPS) is 16.4. The molecule has 5 aliphatic heterocycles. The van der Waals surface area contributed by atoms with E-state index in [1.165, 1.54) is 17.0 Å². The van der Waals surface area contributed by atoms with Crippen LogP contribution in [0.4, 0.5) is 22.7 Å². The van der Waals surface area contributed by atoms with Gasteiger partial charge in [0.1, 0.15) is 6.42 Å². The van der Waals surface area contributed by atoms with Crippen LogP contribution in [-0.2, 0) is 73.7 Å². The third kappa shape index (κ3) is 28.1. The Morgan fingerprint density at radius 3 is 0.879 bits per heavy atom. The molecule has 0 aromatic heterocycles. The second-order valence-electron chi connectivity index (χ2n) is 37.6. The quantitative estimate of drug-likeness (QED) is 0.0186. The Kier molecular flexibility index (Phi) is 36.6. The van der Waals surface area contributed by atoms with Crippen LogP contribution in [-0.4, -0.2) is 222 Å². The van der Waals surface area contributed by atoms with Crippen molar-refractivity contribution >= 4 is 171 Å². The number of nitrogens with zero attached hydrogens (tertiary/aromatic N) is 4. The molecule has 3 atom stereocenters. The van der Waals surface area contributed by atoms with Gasteiger partial charge in [-0.2, -0.15) is 0 Å². The Morgan fingerprint density at radius 2 is 0.591 bits per heavy atom. The van der Waals surface area contributed by atoms with E-state index in [1.54, 1.807) is 180 Å². The average molecular weight is 2110 g/mol. The second kappa shape index (κ2) is 49.5. The number of carboxylic acid groups (broad SMARTS) is 3. The van der Waals surface area contributed by atoms with E-state index in [0.717, 1.165) is 41.6 Å². The lowest BCUT2D eigenvalue weighted by atomic mass is 9.98. The van der Waals surface area contributed by atoms with E-state index in [2.05, 4.69) is 45.5 Å². The highest BCUT2D eigenvalue weighted by atomic mass is 32.2. The van der Waals surface area contributed by atoms with Gasteiger partial charge in [0.25, 0.3) is 23.6 Å². The molecular formula is C110H121N13O22S4. The molecule has 5 aliphatic rings. The number of amides is 8. The van der Waals surface area contributed by atoms with Crippen LogP contribution < -0.4 is 45.5 Å². The zero-order chi connectivity index (χ0) is 107. The van der Waals surface area contributed by atoms with Crippen LogP contribution in [0, 0.1) is 27.7 Å². The first-order chi connectivity index (χ1) is 71.2. The van der Waals surface area contributed by atoms with Gasteiger partial charge in [-0.3, -0.25) is 52.7 Å². The molecule has 12 aromatic rings. The summed E-state index contributed by atoms with van der Waals surface area (Å²) in [6, 6.07) is 68.1. The minimum atomic E-state index is -3.91. The maximum atomic E-state index is 13.6. The number of aryl methyl sites for hydroxylation is 4. The number of carboxylic acids is 3. The third-order valence-corrected chi connectivity index (χ3v) is 33.5. The van der Waals surface area contributed by atoms with Crippen molar-refractivity contribution in [1.29, 1.82) is 0 Å². The number of likely N-dealkylation sites (tertiary alicyclic amines) is 4. The van der Waals surface area contributed by atoms with Gasteiger partial charge < -0.3 is 61.5 Å². The Labute approximate surface area is 865 Å². The number of nitrogens with one attached hydrogen (secondary N) is 9. The van der Waals surface area contributed by atoms with Crippen molar-refractivity contribution in [2.75, 3.05) is 73.6 Å². The fraction of sp³-hybridized carbons (Fsp3) is 0.318. The van der Waals surface area contributed by atoms with E-state index in [9.17, 15) is 86.4 Å². The molecule has 12 N–H and O–H groups in total. The minimum absolute atomic E-state index is 0.0513. The van der Waals surface area contributed by atoms with Crippen LogP contribution >= 0.6 is 0 Å². The number of rotatable bonds is 30. The fourth-order valence-corrected chi connectivity index (χ4v) is 25.4. The van der Waals surface area contributed by atoms with Crippen molar-refractivity contribution in [3.63, 3.8) is 0 Å². The van der Waals surface area contributed by atoms with E-state index >= 15 is 0 Å². The van der Waals surface area contributed by atoms with E-state index in [0.29, 0.717) is 172 Å². The van der Waals surface area contributed by atoms with E-state index in [4.69, 9.17) is 15.3 Å². The number of carbonyl (C=O) groups excluding carboxylic acids is 8. The zero-order valence-corrected chi connectivity index (χ0v) is 86.3. The van der Waals surface area contributed by atoms with Gasteiger partial charge in [-0.1, -0.05) is 170 Å². The number of sulfonamides is 4. The Balaban J connectivity index is 0.000000157. The van der Waals surface area contributed by atoms with Gasteiger partial charge in [-0.05, 0) is 207 Å². The molecule has 5 heterocycles. The summed E-state index contributed by atoms with van der Waals surface area (Å²) >= 11 is 0. The van der Waals surface area contributed by atoms with Crippen LogP contribution in [0.25, 0.3) is 43.1 Å². The largest absolute Gasteiger partial charge is 0.481 e. The number of anilines is 4. The minimum Gasteiger partial charge on any atom is -0.481 e. The lowest BCUT2D eigenvalue weighted by Gasteiger charge is -2.39. The van der Waals surface area contributed by atoms with Crippen molar-refractivity contribution in [3.8, 4) is 0 Å². The number of carbonyl (C=O) groups is 11. The number of hydrogen-bond acceptors (Lipinski definition) is 20. The first kappa shape index (κ1) is 110. The molecule has 0 spiro atoms. The summed E-state index contributed by atoms with van der Waals surface area (Å²) in [5, 5.41) is 45.7. The lowest BCUT2D eigenvalue weighted by Crippen LogP contribution is -2.54. The monoisotopic (exact) mass is 2100 g/mol. The zero-order valence-electron chi connectivity index (χ0n) is 83.0. The first-order valence-electron chi connectivity index (χ1n) is 49.4. The highest BCUT2D eigenvalue weighted by Gasteiger charge is 2.38. The Hall–Kier alpha value is -14.6. The van der Waals surface area contributed by atoms with Crippen LogP contribution in [0.1, 0.15) is 173 Å². The van der Waals surface area contributed by atoms with Crippen molar-refractivity contribution < 1.29 is 102 Å². The highest BCUT2D eigenvalue weighted by Crippen LogP contribution is 2.37. The topological polar surface area (TPSA) is 506 Å². The molecule has 35 nitrogen and oxygen atoms in total. The van der Waals surface area contributed by atoms with Crippen molar-refractivity contribution in [1.82, 2.24) is 43.8 Å². The molecule has 0 bridgehead atoms. The average Bonchev–Trinajstić information content (AvgIpc) is 1.58. The summed E-state index contributed by atoms with van der Waals surface area (Å²) in [4.78, 5) is 140. The van der Waals surface area contributed by atoms with Gasteiger partial charge in [-0.25, -0.2) is 52.6 Å². The Morgan fingerprint density at radius 1 is 0.309 bits per heavy atom. The third-order valence-electron chi connectivity index (χ3n) is 27.2. The van der Waals surface area contributed by atoms with Crippen molar-refractivity contribution in [2.24, 2.45) is 0 Å². The summed E-state index contributed by atoms with van der Waals surface area (Å²) in [6.07, 6.45) is 5.07. The lowest BCUT2D eigenvalue weighted by molar-refractivity contribution is -0.145. The molecule has 782 valence electrons. The van der Waals surface area contributed by atoms with Gasteiger partial charge in [0.15, 0.2) is 0 Å². The smallest absolute Gasteiger partial charge is 0.312 e. The molecule has 12 aromatic carbocycles. The number of fused-ring (bicyclic) bond motifs is 4. The van der Waals surface area contributed by atoms with E-state index < -0.39 is 70.3 Å². The molecule has 5 fully saturated rings. The van der Waals surface area contributed by atoms with Crippen LogP contribution in [0.2, 0.25) is 0 Å². The van der Waals surface area contributed by atoms with Gasteiger partial charge in [0.2, 0.25) is 63.7 Å².